The predicted octanol–water partition coefficient (Wildman–Crippen LogP) is 4.13. The number of methoxy groups -OCH3 is 1. The molecule has 0 fully saturated rings. The summed E-state index contributed by atoms with van der Waals surface area (Å²) in [6, 6.07) is 12.6. The number of ether oxygens (including phenoxy) is 2. The minimum atomic E-state index is -0.883. The van der Waals surface area contributed by atoms with Gasteiger partial charge in [0.05, 0.1) is 7.11 Å². The Morgan fingerprint density at radius 3 is 2.46 bits per heavy atom. The third-order valence-electron chi connectivity index (χ3n) is 4.01. The summed E-state index contributed by atoms with van der Waals surface area (Å²) in [7, 11) is 1.56. The van der Waals surface area contributed by atoms with Crippen molar-refractivity contribution in [2.24, 2.45) is 5.92 Å². The predicted molar refractivity (Wildman–Crippen MR) is 102 cm³/mol. The molecule has 1 unspecified atom stereocenters. The van der Waals surface area contributed by atoms with Gasteiger partial charge in [-0.3, -0.25) is 4.79 Å². The Labute approximate surface area is 158 Å². The van der Waals surface area contributed by atoms with Gasteiger partial charge in [0.25, 0.3) is 0 Å². The van der Waals surface area contributed by atoms with Gasteiger partial charge in [-0.05, 0) is 23.1 Å². The zero-order valence-corrected chi connectivity index (χ0v) is 15.9. The van der Waals surface area contributed by atoms with Crippen molar-refractivity contribution >= 4 is 17.6 Å². The molecule has 2 N–H and O–H groups in total. The van der Waals surface area contributed by atoms with Crippen molar-refractivity contribution in [1.82, 2.24) is 5.32 Å². The van der Waals surface area contributed by atoms with Crippen molar-refractivity contribution < 1.29 is 19.4 Å². The third kappa shape index (κ3) is 5.38. The van der Waals surface area contributed by atoms with Gasteiger partial charge in [-0.2, -0.15) is 0 Å². The van der Waals surface area contributed by atoms with Crippen LogP contribution in [0.15, 0.2) is 42.5 Å². The van der Waals surface area contributed by atoms with E-state index in [2.05, 4.69) is 5.32 Å². The smallest absolute Gasteiger partial charge is 0.320 e. The summed E-state index contributed by atoms with van der Waals surface area (Å²) in [5.74, 6) is 0.176. The number of hydrogen-bond acceptors (Lipinski definition) is 4. The first-order valence-corrected chi connectivity index (χ1v) is 8.79. The summed E-state index contributed by atoms with van der Waals surface area (Å²) in [5.41, 5.74) is 1.79. The van der Waals surface area contributed by atoms with Crippen LogP contribution in [0.5, 0.6) is 11.5 Å². The normalized spacial score (nSPS) is 12.0. The molecule has 2 aromatic carbocycles. The SMILES string of the molecule is COc1cc(CNC(C(=O)O)C(C)C)c(Cl)cc1OCc1ccccc1. The molecule has 0 aliphatic carbocycles. The minimum absolute atomic E-state index is 0.0401. The van der Waals surface area contributed by atoms with Gasteiger partial charge in [-0.25, -0.2) is 0 Å². The molecule has 0 aliphatic rings. The average molecular weight is 378 g/mol. The molecule has 0 amide bonds. The number of carbonyl (C=O) groups is 1. The number of carboxylic acid groups (broad SMARTS) is 1. The topological polar surface area (TPSA) is 67.8 Å². The molecule has 0 spiro atoms. The van der Waals surface area contributed by atoms with Gasteiger partial charge < -0.3 is 19.9 Å². The molecule has 0 radical (unpaired) electrons. The lowest BCUT2D eigenvalue weighted by Crippen LogP contribution is -2.40. The van der Waals surface area contributed by atoms with Gasteiger partial charge in [0.15, 0.2) is 11.5 Å². The van der Waals surface area contributed by atoms with E-state index in [0.29, 0.717) is 29.7 Å². The summed E-state index contributed by atoms with van der Waals surface area (Å²) >= 11 is 6.36. The van der Waals surface area contributed by atoms with Crippen molar-refractivity contribution in [3.63, 3.8) is 0 Å². The summed E-state index contributed by atoms with van der Waals surface area (Å²) in [5, 5.41) is 12.8. The highest BCUT2D eigenvalue weighted by Gasteiger charge is 2.21. The second kappa shape index (κ2) is 9.46. The number of nitrogens with one attached hydrogen (secondary N) is 1. The van der Waals surface area contributed by atoms with Crippen LogP contribution in [0.2, 0.25) is 5.02 Å². The van der Waals surface area contributed by atoms with E-state index in [1.54, 1.807) is 19.2 Å². The fourth-order valence-corrected chi connectivity index (χ4v) is 2.77. The average Bonchev–Trinajstić information content (AvgIpc) is 2.61. The fraction of sp³-hybridized carbons (Fsp3) is 0.350. The zero-order chi connectivity index (χ0) is 19.1. The standard InChI is InChI=1S/C20H24ClNO4/c1-13(2)19(20(23)24)22-11-15-9-17(25-3)18(10-16(15)21)26-12-14-7-5-4-6-8-14/h4-10,13,19,22H,11-12H2,1-3H3,(H,23,24). The van der Waals surface area contributed by atoms with E-state index >= 15 is 0 Å². The maximum Gasteiger partial charge on any atom is 0.320 e. The van der Waals surface area contributed by atoms with Crippen LogP contribution < -0.4 is 14.8 Å². The Kier molecular flexibility index (Phi) is 7.30. The highest BCUT2D eigenvalue weighted by molar-refractivity contribution is 6.31. The minimum Gasteiger partial charge on any atom is -0.493 e. The highest BCUT2D eigenvalue weighted by atomic mass is 35.5. The van der Waals surface area contributed by atoms with Crippen molar-refractivity contribution in [2.75, 3.05) is 7.11 Å². The van der Waals surface area contributed by atoms with E-state index in [1.807, 2.05) is 44.2 Å². The molecular weight excluding hydrogens is 354 g/mol. The number of rotatable bonds is 9. The molecule has 2 rings (SSSR count). The number of halogens is 1. The van der Waals surface area contributed by atoms with E-state index < -0.39 is 12.0 Å². The van der Waals surface area contributed by atoms with Gasteiger partial charge in [-0.15, -0.1) is 0 Å². The van der Waals surface area contributed by atoms with Crippen LogP contribution in [-0.4, -0.2) is 24.2 Å². The Balaban J connectivity index is 2.11. The molecule has 0 aromatic heterocycles. The van der Waals surface area contributed by atoms with Crippen molar-refractivity contribution in [3.8, 4) is 11.5 Å². The first kappa shape index (κ1) is 20.1. The molecule has 140 valence electrons. The number of benzene rings is 2. The molecule has 1 atom stereocenters. The second-order valence-corrected chi connectivity index (χ2v) is 6.72. The van der Waals surface area contributed by atoms with Gasteiger partial charge >= 0.3 is 5.97 Å². The van der Waals surface area contributed by atoms with Crippen molar-refractivity contribution in [3.05, 3.63) is 58.6 Å². The third-order valence-corrected chi connectivity index (χ3v) is 4.37. The number of carboxylic acids is 1. The van der Waals surface area contributed by atoms with E-state index in [4.69, 9.17) is 21.1 Å². The molecular formula is C20H24ClNO4. The molecule has 0 heterocycles. The van der Waals surface area contributed by atoms with Gasteiger partial charge in [0, 0.05) is 17.6 Å². The Morgan fingerprint density at radius 2 is 1.88 bits per heavy atom. The van der Waals surface area contributed by atoms with Crippen LogP contribution in [0.3, 0.4) is 0 Å². The monoisotopic (exact) mass is 377 g/mol. The second-order valence-electron chi connectivity index (χ2n) is 6.31. The molecule has 0 saturated carbocycles. The Hall–Kier alpha value is -2.24. The zero-order valence-electron chi connectivity index (χ0n) is 15.2. The lowest BCUT2D eigenvalue weighted by Gasteiger charge is -2.19. The van der Waals surface area contributed by atoms with Crippen LogP contribution in [-0.2, 0) is 17.9 Å². The highest BCUT2D eigenvalue weighted by Crippen LogP contribution is 2.34. The molecule has 2 aromatic rings. The molecule has 26 heavy (non-hydrogen) atoms. The van der Waals surface area contributed by atoms with Crippen LogP contribution in [0.4, 0.5) is 0 Å². The van der Waals surface area contributed by atoms with E-state index in [0.717, 1.165) is 11.1 Å². The van der Waals surface area contributed by atoms with Gasteiger partial charge in [0.2, 0.25) is 0 Å². The lowest BCUT2D eigenvalue weighted by molar-refractivity contribution is -0.140. The van der Waals surface area contributed by atoms with Crippen LogP contribution >= 0.6 is 11.6 Å². The molecule has 6 heteroatoms. The molecule has 0 saturated heterocycles. The fourth-order valence-electron chi connectivity index (χ4n) is 2.55. The maximum absolute atomic E-state index is 11.3. The molecule has 0 bridgehead atoms. The van der Waals surface area contributed by atoms with Gasteiger partial charge in [0.1, 0.15) is 12.6 Å². The summed E-state index contributed by atoms with van der Waals surface area (Å²) in [4.78, 5) is 11.3. The summed E-state index contributed by atoms with van der Waals surface area (Å²) in [6.07, 6.45) is 0. The van der Waals surface area contributed by atoms with Crippen molar-refractivity contribution in [2.45, 2.75) is 33.0 Å². The first-order chi connectivity index (χ1) is 12.4. The summed E-state index contributed by atoms with van der Waals surface area (Å²) in [6.45, 7) is 4.44. The first-order valence-electron chi connectivity index (χ1n) is 8.41. The number of hydrogen-bond donors (Lipinski definition) is 2. The Bertz CT molecular complexity index is 734. The van der Waals surface area contributed by atoms with Crippen LogP contribution in [0.1, 0.15) is 25.0 Å². The maximum atomic E-state index is 11.3. The lowest BCUT2D eigenvalue weighted by atomic mass is 10.0. The van der Waals surface area contributed by atoms with E-state index in [1.165, 1.54) is 0 Å². The summed E-state index contributed by atoms with van der Waals surface area (Å²) < 4.78 is 11.2. The quantitative estimate of drug-likeness (QED) is 0.687. The van der Waals surface area contributed by atoms with Gasteiger partial charge in [-0.1, -0.05) is 55.8 Å². The van der Waals surface area contributed by atoms with Crippen LogP contribution in [0.25, 0.3) is 0 Å². The molecule has 5 nitrogen and oxygen atoms in total. The van der Waals surface area contributed by atoms with E-state index in [9.17, 15) is 9.90 Å². The van der Waals surface area contributed by atoms with E-state index in [-0.39, 0.29) is 5.92 Å². The number of aliphatic carboxylic acids is 1. The Morgan fingerprint density at radius 1 is 1.19 bits per heavy atom. The van der Waals surface area contributed by atoms with Crippen molar-refractivity contribution in [1.29, 1.82) is 0 Å². The molecule has 0 aliphatic heterocycles. The van der Waals surface area contributed by atoms with Crippen LogP contribution in [0, 0.1) is 5.92 Å². The largest absolute Gasteiger partial charge is 0.493 e.